The smallest absolute Gasteiger partial charge is 0.256 e. The average Bonchev–Trinajstić information content (AvgIpc) is 2.85. The summed E-state index contributed by atoms with van der Waals surface area (Å²) in [5.41, 5.74) is 1.20. The molecule has 1 fully saturated rings. The zero-order valence-electron chi connectivity index (χ0n) is 17.7. The lowest BCUT2D eigenvalue weighted by molar-refractivity contribution is 0.0729. The van der Waals surface area contributed by atoms with E-state index in [2.05, 4.69) is 5.32 Å². The highest BCUT2D eigenvalue weighted by atomic mass is 32.2. The number of rotatable bonds is 7. The van der Waals surface area contributed by atoms with E-state index in [1.165, 1.54) is 10.4 Å². The summed E-state index contributed by atoms with van der Waals surface area (Å²) in [7, 11) is -4.06. The number of hydrogen-bond acceptors (Lipinski definition) is 5. The van der Waals surface area contributed by atoms with Gasteiger partial charge in [0.15, 0.2) is 0 Å². The van der Waals surface area contributed by atoms with Gasteiger partial charge in [0.2, 0.25) is 10.0 Å². The molecule has 0 saturated carbocycles. The Hall–Kier alpha value is -3.27. The van der Waals surface area contributed by atoms with Crippen molar-refractivity contribution >= 4 is 21.6 Å². The predicted octanol–water partition coefficient (Wildman–Crippen LogP) is 3.68. The SMILES string of the molecule is O=C(Nc1ccc(F)c(S(=O)(=O)N2CCOCC2)c1)c1ccccc1COc1ccccc1. The minimum absolute atomic E-state index is 0.146. The molecule has 3 aromatic rings. The number of halogens is 1. The third kappa shape index (κ3) is 5.39. The Balaban J connectivity index is 1.53. The van der Waals surface area contributed by atoms with Crippen LogP contribution in [-0.2, 0) is 21.4 Å². The van der Waals surface area contributed by atoms with Crippen molar-refractivity contribution in [3.63, 3.8) is 0 Å². The number of ether oxygens (including phenoxy) is 2. The summed E-state index contributed by atoms with van der Waals surface area (Å²) in [6.45, 7) is 0.964. The number of benzene rings is 3. The van der Waals surface area contributed by atoms with Gasteiger partial charge in [-0.1, -0.05) is 36.4 Å². The zero-order chi connectivity index (χ0) is 23.3. The molecule has 33 heavy (non-hydrogen) atoms. The van der Waals surface area contributed by atoms with Gasteiger partial charge in [-0.25, -0.2) is 12.8 Å². The molecule has 4 rings (SSSR count). The molecular formula is C24H23FN2O5S. The topological polar surface area (TPSA) is 84.9 Å². The van der Waals surface area contributed by atoms with Gasteiger partial charge in [-0.15, -0.1) is 0 Å². The number of amides is 1. The first-order valence-electron chi connectivity index (χ1n) is 10.4. The maximum Gasteiger partial charge on any atom is 0.256 e. The van der Waals surface area contributed by atoms with E-state index in [4.69, 9.17) is 9.47 Å². The second kappa shape index (κ2) is 10.1. The standard InChI is InChI=1S/C24H23FN2O5S/c25-22-11-10-19(16-23(22)33(29,30)27-12-14-31-15-13-27)26-24(28)21-9-5-4-6-18(21)17-32-20-7-2-1-3-8-20/h1-11,16H,12-15,17H2,(H,26,28). The Morgan fingerprint density at radius 3 is 2.45 bits per heavy atom. The average molecular weight is 471 g/mol. The molecule has 1 saturated heterocycles. The van der Waals surface area contributed by atoms with Gasteiger partial charge < -0.3 is 14.8 Å². The molecule has 0 aromatic heterocycles. The van der Waals surface area contributed by atoms with Crippen LogP contribution in [0.2, 0.25) is 0 Å². The molecule has 1 N–H and O–H groups in total. The number of morpholine rings is 1. The second-order valence-corrected chi connectivity index (χ2v) is 9.28. The molecule has 1 heterocycles. The van der Waals surface area contributed by atoms with Crippen LogP contribution in [0.25, 0.3) is 0 Å². The molecule has 1 amide bonds. The van der Waals surface area contributed by atoms with Gasteiger partial charge in [-0.2, -0.15) is 4.31 Å². The molecule has 9 heteroatoms. The van der Waals surface area contributed by atoms with Crippen molar-refractivity contribution in [3.8, 4) is 5.75 Å². The number of nitrogens with zero attached hydrogens (tertiary/aromatic N) is 1. The van der Waals surface area contributed by atoms with Crippen molar-refractivity contribution in [3.05, 3.63) is 89.7 Å². The maximum atomic E-state index is 14.4. The molecule has 1 aliphatic rings. The quantitative estimate of drug-likeness (QED) is 0.570. The Labute approximate surface area is 191 Å². The molecule has 0 aliphatic carbocycles. The number of carbonyl (C=O) groups is 1. The monoisotopic (exact) mass is 470 g/mol. The number of carbonyl (C=O) groups excluding carboxylic acids is 1. The van der Waals surface area contributed by atoms with E-state index in [0.717, 1.165) is 12.1 Å². The fraction of sp³-hybridized carbons (Fsp3) is 0.208. The Morgan fingerprint density at radius 2 is 1.70 bits per heavy atom. The summed E-state index contributed by atoms with van der Waals surface area (Å²) in [4.78, 5) is 12.5. The summed E-state index contributed by atoms with van der Waals surface area (Å²) >= 11 is 0. The van der Waals surface area contributed by atoms with Crippen molar-refractivity contribution in [2.24, 2.45) is 0 Å². The lowest BCUT2D eigenvalue weighted by Gasteiger charge is -2.26. The Bertz CT molecular complexity index is 1230. The van der Waals surface area contributed by atoms with Gasteiger partial charge in [-0.3, -0.25) is 4.79 Å². The van der Waals surface area contributed by atoms with Crippen LogP contribution in [0.1, 0.15) is 15.9 Å². The van der Waals surface area contributed by atoms with E-state index < -0.39 is 26.6 Å². The lowest BCUT2D eigenvalue weighted by Crippen LogP contribution is -2.40. The highest BCUT2D eigenvalue weighted by molar-refractivity contribution is 7.89. The number of para-hydroxylation sites is 1. The summed E-state index contributed by atoms with van der Waals surface area (Å²) in [6, 6.07) is 19.7. The first-order chi connectivity index (χ1) is 15.9. The van der Waals surface area contributed by atoms with Crippen molar-refractivity contribution < 1.29 is 27.1 Å². The summed E-state index contributed by atoms with van der Waals surface area (Å²) in [5, 5.41) is 2.67. The lowest BCUT2D eigenvalue weighted by atomic mass is 10.1. The third-order valence-electron chi connectivity index (χ3n) is 5.18. The molecule has 3 aromatic carbocycles. The Kier molecular flexibility index (Phi) is 7.02. The van der Waals surface area contributed by atoms with Crippen LogP contribution in [-0.4, -0.2) is 44.9 Å². The molecule has 0 atom stereocenters. The van der Waals surface area contributed by atoms with Crippen LogP contribution in [0.4, 0.5) is 10.1 Å². The predicted molar refractivity (Wildman–Crippen MR) is 121 cm³/mol. The number of anilines is 1. The molecule has 0 unspecified atom stereocenters. The first-order valence-corrected chi connectivity index (χ1v) is 11.8. The molecule has 0 bridgehead atoms. The van der Waals surface area contributed by atoms with E-state index >= 15 is 0 Å². The first kappa shape index (κ1) is 22.9. The van der Waals surface area contributed by atoms with Crippen LogP contribution >= 0.6 is 0 Å². The fourth-order valence-corrected chi connectivity index (χ4v) is 4.95. The molecule has 0 radical (unpaired) electrons. The van der Waals surface area contributed by atoms with E-state index in [0.29, 0.717) is 16.9 Å². The van der Waals surface area contributed by atoms with Crippen molar-refractivity contribution in [2.75, 3.05) is 31.6 Å². The van der Waals surface area contributed by atoms with Gasteiger partial charge >= 0.3 is 0 Å². The molecule has 172 valence electrons. The summed E-state index contributed by atoms with van der Waals surface area (Å²) < 4.78 is 52.3. The maximum absolute atomic E-state index is 14.4. The number of sulfonamides is 1. The molecular weight excluding hydrogens is 447 g/mol. The molecule has 0 spiro atoms. The highest BCUT2D eigenvalue weighted by Crippen LogP contribution is 2.25. The fourth-order valence-electron chi connectivity index (χ4n) is 3.45. The van der Waals surface area contributed by atoms with Crippen molar-refractivity contribution in [1.82, 2.24) is 4.31 Å². The van der Waals surface area contributed by atoms with E-state index in [1.54, 1.807) is 24.3 Å². The Morgan fingerprint density at radius 1 is 1.00 bits per heavy atom. The van der Waals surface area contributed by atoms with Crippen molar-refractivity contribution in [2.45, 2.75) is 11.5 Å². The van der Waals surface area contributed by atoms with E-state index in [-0.39, 0.29) is 38.6 Å². The van der Waals surface area contributed by atoms with Crippen LogP contribution < -0.4 is 10.1 Å². The minimum atomic E-state index is -4.06. The molecule has 1 aliphatic heterocycles. The highest BCUT2D eigenvalue weighted by Gasteiger charge is 2.29. The van der Waals surface area contributed by atoms with Gasteiger partial charge in [-0.05, 0) is 36.4 Å². The van der Waals surface area contributed by atoms with Gasteiger partial charge in [0.25, 0.3) is 5.91 Å². The normalized spacial score (nSPS) is 14.6. The van der Waals surface area contributed by atoms with Crippen molar-refractivity contribution in [1.29, 1.82) is 0 Å². The van der Waals surface area contributed by atoms with Gasteiger partial charge in [0, 0.05) is 29.9 Å². The van der Waals surface area contributed by atoms with E-state index in [1.807, 2.05) is 30.3 Å². The number of hydrogen-bond donors (Lipinski definition) is 1. The van der Waals surface area contributed by atoms with Gasteiger partial charge in [0.05, 0.1) is 13.2 Å². The third-order valence-corrected chi connectivity index (χ3v) is 7.09. The van der Waals surface area contributed by atoms with Crippen LogP contribution in [0.15, 0.2) is 77.7 Å². The molecule has 7 nitrogen and oxygen atoms in total. The zero-order valence-corrected chi connectivity index (χ0v) is 18.6. The van der Waals surface area contributed by atoms with E-state index in [9.17, 15) is 17.6 Å². The van der Waals surface area contributed by atoms with Crippen LogP contribution in [0.3, 0.4) is 0 Å². The minimum Gasteiger partial charge on any atom is -0.489 e. The summed E-state index contributed by atoms with van der Waals surface area (Å²) in [6.07, 6.45) is 0. The van der Waals surface area contributed by atoms with Crippen LogP contribution in [0.5, 0.6) is 5.75 Å². The van der Waals surface area contributed by atoms with Crippen LogP contribution in [0, 0.1) is 5.82 Å². The second-order valence-electron chi connectivity index (χ2n) is 7.37. The number of nitrogens with one attached hydrogen (secondary N) is 1. The summed E-state index contributed by atoms with van der Waals surface area (Å²) in [5.74, 6) is -0.663. The van der Waals surface area contributed by atoms with Gasteiger partial charge in [0.1, 0.15) is 23.1 Å². The largest absolute Gasteiger partial charge is 0.489 e.